The maximum Gasteiger partial charge on any atom is 0.373 e. The largest absolute Gasteiger partial charge is 0.463 e. The predicted molar refractivity (Wildman–Crippen MR) is 99.0 cm³/mol. The van der Waals surface area contributed by atoms with E-state index in [1.807, 2.05) is 6.92 Å². The Morgan fingerprint density at radius 1 is 1.46 bits per heavy atom. The van der Waals surface area contributed by atoms with Crippen LogP contribution < -0.4 is 5.56 Å². The minimum absolute atomic E-state index is 0.0319. The Balaban J connectivity index is 1.77. The number of hydrogen-bond donors (Lipinski definition) is 0. The first-order chi connectivity index (χ1) is 12.5. The second kappa shape index (κ2) is 6.39. The molecule has 0 amide bonds. The molecule has 0 fully saturated rings. The van der Waals surface area contributed by atoms with Crippen molar-refractivity contribution in [3.63, 3.8) is 0 Å². The summed E-state index contributed by atoms with van der Waals surface area (Å²) < 4.78 is 11.8. The van der Waals surface area contributed by atoms with Gasteiger partial charge in [-0.3, -0.25) is 9.36 Å². The number of aromatic nitrogens is 2. The zero-order valence-electron chi connectivity index (χ0n) is 15.0. The summed E-state index contributed by atoms with van der Waals surface area (Å²) in [5.74, 6) is 1.41. The number of methoxy groups -OCH3 is 1. The lowest BCUT2D eigenvalue weighted by Crippen LogP contribution is -2.25. The van der Waals surface area contributed by atoms with E-state index in [9.17, 15) is 9.59 Å². The summed E-state index contributed by atoms with van der Waals surface area (Å²) in [6.45, 7) is 4.32. The smallest absolute Gasteiger partial charge is 0.373 e. The first-order valence-electron chi connectivity index (χ1n) is 8.66. The van der Waals surface area contributed by atoms with Crippen molar-refractivity contribution in [1.82, 2.24) is 9.55 Å². The molecule has 6 nitrogen and oxygen atoms in total. The van der Waals surface area contributed by atoms with Crippen LogP contribution in [0.4, 0.5) is 0 Å². The number of ether oxygens (including phenoxy) is 1. The van der Waals surface area contributed by atoms with Crippen LogP contribution in [0.15, 0.2) is 21.3 Å². The van der Waals surface area contributed by atoms with E-state index in [0.717, 1.165) is 29.5 Å². The molecule has 0 radical (unpaired) electrons. The second-order valence-corrected chi connectivity index (χ2v) is 7.92. The molecule has 1 aliphatic rings. The van der Waals surface area contributed by atoms with Crippen molar-refractivity contribution >= 4 is 27.5 Å². The number of esters is 1. The molecule has 3 heterocycles. The highest BCUT2D eigenvalue weighted by molar-refractivity contribution is 7.18. The summed E-state index contributed by atoms with van der Waals surface area (Å²) in [7, 11) is 1.30. The molecule has 7 heteroatoms. The summed E-state index contributed by atoms with van der Waals surface area (Å²) in [6, 6.07) is 3.24. The summed E-state index contributed by atoms with van der Waals surface area (Å²) in [5.41, 5.74) is 1.14. The molecule has 1 unspecified atom stereocenters. The maximum absolute atomic E-state index is 13.2. The van der Waals surface area contributed by atoms with Gasteiger partial charge in [0.05, 0.1) is 19.0 Å². The molecule has 1 atom stereocenters. The molecular weight excluding hydrogens is 352 g/mol. The summed E-state index contributed by atoms with van der Waals surface area (Å²) >= 11 is 1.65. The molecule has 0 aliphatic heterocycles. The molecule has 136 valence electrons. The molecule has 0 bridgehead atoms. The third kappa shape index (κ3) is 2.76. The lowest BCUT2D eigenvalue weighted by atomic mass is 9.89. The van der Waals surface area contributed by atoms with Gasteiger partial charge in [0.2, 0.25) is 5.76 Å². The number of nitrogens with zero attached hydrogens (tertiary/aromatic N) is 2. The Bertz CT molecular complexity index is 1060. The van der Waals surface area contributed by atoms with Crippen molar-refractivity contribution in [1.29, 1.82) is 0 Å². The van der Waals surface area contributed by atoms with Crippen LogP contribution in [0.5, 0.6) is 0 Å². The molecule has 26 heavy (non-hydrogen) atoms. The highest BCUT2D eigenvalue weighted by Gasteiger charge is 2.24. The number of hydrogen-bond acceptors (Lipinski definition) is 6. The van der Waals surface area contributed by atoms with Crippen LogP contribution in [-0.4, -0.2) is 22.6 Å². The van der Waals surface area contributed by atoms with Crippen molar-refractivity contribution in [2.75, 3.05) is 7.11 Å². The first kappa shape index (κ1) is 17.0. The summed E-state index contributed by atoms with van der Waals surface area (Å²) in [5, 5.41) is 0.752. The van der Waals surface area contributed by atoms with Gasteiger partial charge >= 0.3 is 5.97 Å². The molecule has 1 aliphatic carbocycles. The standard InChI is InChI=1S/C19H20N2O4S/c1-10-4-6-13-15(8-10)26-17-16(13)18(22)21(11(2)20-17)9-12-5-7-14(25-12)19(23)24-3/h5,7,10H,4,6,8-9H2,1-3H3. The third-order valence-electron chi connectivity index (χ3n) is 4.97. The number of furan rings is 1. The van der Waals surface area contributed by atoms with Crippen LogP contribution in [0, 0.1) is 12.8 Å². The molecule has 0 aromatic carbocycles. The quantitative estimate of drug-likeness (QED) is 0.660. The van der Waals surface area contributed by atoms with E-state index in [0.29, 0.717) is 17.5 Å². The highest BCUT2D eigenvalue weighted by atomic mass is 32.1. The zero-order valence-corrected chi connectivity index (χ0v) is 15.8. The molecular formula is C19H20N2O4S. The Morgan fingerprint density at radius 3 is 3.04 bits per heavy atom. The van der Waals surface area contributed by atoms with Gasteiger partial charge in [-0.1, -0.05) is 6.92 Å². The number of carbonyl (C=O) groups excluding carboxylic acids is 1. The van der Waals surface area contributed by atoms with Crippen molar-refractivity contribution in [3.8, 4) is 0 Å². The normalized spacial score (nSPS) is 16.7. The van der Waals surface area contributed by atoms with E-state index in [2.05, 4.69) is 16.6 Å². The van der Waals surface area contributed by atoms with Crippen LogP contribution >= 0.6 is 11.3 Å². The molecule has 0 N–H and O–H groups in total. The maximum atomic E-state index is 13.2. The van der Waals surface area contributed by atoms with E-state index in [-0.39, 0.29) is 17.9 Å². The molecule has 0 saturated carbocycles. The number of fused-ring (bicyclic) bond motifs is 3. The molecule has 0 spiro atoms. The van der Waals surface area contributed by atoms with Crippen molar-refractivity contribution < 1.29 is 13.9 Å². The Labute approximate surface area is 154 Å². The van der Waals surface area contributed by atoms with E-state index in [1.165, 1.54) is 17.6 Å². The fourth-order valence-electron chi connectivity index (χ4n) is 3.54. The van der Waals surface area contributed by atoms with Crippen LogP contribution in [0.2, 0.25) is 0 Å². The highest BCUT2D eigenvalue weighted by Crippen LogP contribution is 2.35. The molecule has 3 aromatic rings. The van der Waals surface area contributed by atoms with Gasteiger partial charge in [0.1, 0.15) is 16.4 Å². The van der Waals surface area contributed by atoms with E-state index >= 15 is 0 Å². The monoisotopic (exact) mass is 372 g/mol. The first-order valence-corrected chi connectivity index (χ1v) is 9.48. The van der Waals surface area contributed by atoms with Gasteiger partial charge in [-0.05, 0) is 49.8 Å². The second-order valence-electron chi connectivity index (χ2n) is 6.84. The number of thiophene rings is 1. The van der Waals surface area contributed by atoms with Gasteiger partial charge in [0.15, 0.2) is 0 Å². The summed E-state index contributed by atoms with van der Waals surface area (Å²) in [4.78, 5) is 31.5. The van der Waals surface area contributed by atoms with E-state index < -0.39 is 5.97 Å². The Morgan fingerprint density at radius 2 is 2.27 bits per heavy atom. The Hall–Kier alpha value is -2.41. The summed E-state index contributed by atoms with van der Waals surface area (Å²) in [6.07, 6.45) is 3.06. The zero-order chi connectivity index (χ0) is 18.4. The fraction of sp³-hybridized carbons (Fsp3) is 0.421. The average molecular weight is 372 g/mol. The Kier molecular flexibility index (Phi) is 4.19. The van der Waals surface area contributed by atoms with Crippen molar-refractivity contribution in [2.45, 2.75) is 39.7 Å². The van der Waals surface area contributed by atoms with Gasteiger partial charge in [-0.25, -0.2) is 9.78 Å². The van der Waals surface area contributed by atoms with Gasteiger partial charge in [0, 0.05) is 4.88 Å². The van der Waals surface area contributed by atoms with Gasteiger partial charge in [-0.15, -0.1) is 11.3 Å². The van der Waals surface area contributed by atoms with Crippen LogP contribution in [-0.2, 0) is 24.1 Å². The van der Waals surface area contributed by atoms with Gasteiger partial charge in [0.25, 0.3) is 5.56 Å². The van der Waals surface area contributed by atoms with E-state index in [4.69, 9.17) is 4.42 Å². The molecule has 0 saturated heterocycles. The van der Waals surface area contributed by atoms with Gasteiger partial charge < -0.3 is 9.15 Å². The average Bonchev–Trinajstić information content (AvgIpc) is 3.21. The van der Waals surface area contributed by atoms with Crippen LogP contribution in [0.3, 0.4) is 0 Å². The van der Waals surface area contributed by atoms with Gasteiger partial charge in [-0.2, -0.15) is 0 Å². The van der Waals surface area contributed by atoms with Crippen molar-refractivity contribution in [2.24, 2.45) is 5.92 Å². The predicted octanol–water partition coefficient (Wildman–Crippen LogP) is 3.32. The minimum Gasteiger partial charge on any atom is -0.463 e. The lowest BCUT2D eigenvalue weighted by molar-refractivity contribution is 0.0563. The number of rotatable bonds is 3. The van der Waals surface area contributed by atoms with Crippen LogP contribution in [0.1, 0.15) is 45.9 Å². The lowest BCUT2D eigenvalue weighted by Gasteiger charge is -2.17. The number of aryl methyl sites for hydroxylation is 2. The SMILES string of the molecule is COC(=O)c1ccc(Cn2c(C)nc3sc4c(c3c2=O)CCC(C)C4)o1. The fourth-order valence-corrected chi connectivity index (χ4v) is 4.96. The minimum atomic E-state index is -0.532. The third-order valence-corrected chi connectivity index (χ3v) is 6.12. The topological polar surface area (TPSA) is 74.3 Å². The molecule has 4 rings (SSSR count). The van der Waals surface area contributed by atoms with Crippen LogP contribution in [0.25, 0.3) is 10.2 Å². The van der Waals surface area contributed by atoms with E-state index in [1.54, 1.807) is 28.0 Å². The van der Waals surface area contributed by atoms with Crippen molar-refractivity contribution in [3.05, 3.63) is 50.3 Å². The number of carbonyl (C=O) groups is 1. The molecule has 3 aromatic heterocycles.